The zero-order valence-corrected chi connectivity index (χ0v) is 11.6. The number of carbonyl (C=O) groups excluding carboxylic acids is 1. The van der Waals surface area contributed by atoms with Crippen LogP contribution in [0.4, 0.5) is 0 Å². The first kappa shape index (κ1) is 13.2. The van der Waals surface area contributed by atoms with E-state index in [1.54, 1.807) is 11.0 Å². The van der Waals surface area contributed by atoms with Crippen molar-refractivity contribution in [1.82, 2.24) is 4.90 Å². The lowest BCUT2D eigenvalue weighted by atomic mass is 9.92. The molecule has 1 saturated heterocycles. The van der Waals surface area contributed by atoms with Crippen LogP contribution in [0.5, 0.6) is 0 Å². The first-order valence-corrected chi connectivity index (χ1v) is 7.15. The molecule has 20 heavy (non-hydrogen) atoms. The minimum atomic E-state index is -0.763. The molecule has 4 nitrogen and oxygen atoms in total. The molecule has 0 unspecified atom stereocenters. The third-order valence-corrected chi connectivity index (χ3v) is 4.46. The minimum absolute atomic E-state index is 0.0388. The molecule has 1 aromatic rings. The molecule has 0 spiro atoms. The van der Waals surface area contributed by atoms with Crippen molar-refractivity contribution < 1.29 is 14.7 Å². The molecular weight excluding hydrogens is 254 g/mol. The van der Waals surface area contributed by atoms with Gasteiger partial charge in [-0.15, -0.1) is 0 Å². The SMILES string of the molecule is Cc1cccc(C(=O)N2C[C@H](C(=O)O)[C@@H](C3CC3)C2)c1. The molecule has 106 valence electrons. The molecule has 1 saturated carbocycles. The molecule has 1 aliphatic carbocycles. The van der Waals surface area contributed by atoms with Crippen molar-refractivity contribution in [2.45, 2.75) is 19.8 Å². The number of carboxylic acid groups (broad SMARTS) is 1. The Morgan fingerprint density at radius 3 is 2.60 bits per heavy atom. The summed E-state index contributed by atoms with van der Waals surface area (Å²) in [4.78, 5) is 25.6. The lowest BCUT2D eigenvalue weighted by Gasteiger charge is -2.16. The van der Waals surface area contributed by atoms with E-state index in [4.69, 9.17) is 0 Å². The van der Waals surface area contributed by atoms with Crippen molar-refractivity contribution >= 4 is 11.9 Å². The molecule has 1 N–H and O–H groups in total. The second kappa shape index (κ2) is 4.93. The van der Waals surface area contributed by atoms with Crippen LogP contribution in [0.25, 0.3) is 0 Å². The summed E-state index contributed by atoms with van der Waals surface area (Å²) in [7, 11) is 0. The lowest BCUT2D eigenvalue weighted by Crippen LogP contribution is -2.29. The van der Waals surface area contributed by atoms with Crippen LogP contribution >= 0.6 is 0 Å². The highest BCUT2D eigenvalue weighted by atomic mass is 16.4. The van der Waals surface area contributed by atoms with E-state index < -0.39 is 11.9 Å². The Labute approximate surface area is 118 Å². The van der Waals surface area contributed by atoms with Gasteiger partial charge in [0, 0.05) is 18.7 Å². The molecule has 0 bridgehead atoms. The molecule has 1 heterocycles. The minimum Gasteiger partial charge on any atom is -0.481 e. The molecule has 0 aromatic heterocycles. The third kappa shape index (κ3) is 2.42. The zero-order valence-electron chi connectivity index (χ0n) is 11.6. The largest absolute Gasteiger partial charge is 0.481 e. The molecule has 1 aromatic carbocycles. The molecular formula is C16H19NO3. The highest BCUT2D eigenvalue weighted by Gasteiger charge is 2.46. The summed E-state index contributed by atoms with van der Waals surface area (Å²) in [5.74, 6) is -0.548. The molecule has 1 amide bonds. The van der Waals surface area contributed by atoms with E-state index >= 15 is 0 Å². The van der Waals surface area contributed by atoms with E-state index in [1.165, 1.54) is 0 Å². The van der Waals surface area contributed by atoms with Crippen molar-refractivity contribution in [1.29, 1.82) is 0 Å². The number of likely N-dealkylation sites (tertiary alicyclic amines) is 1. The summed E-state index contributed by atoms with van der Waals surface area (Å²) < 4.78 is 0. The fourth-order valence-corrected chi connectivity index (χ4v) is 3.22. The van der Waals surface area contributed by atoms with E-state index in [0.717, 1.165) is 18.4 Å². The maximum absolute atomic E-state index is 12.5. The van der Waals surface area contributed by atoms with E-state index in [-0.39, 0.29) is 11.8 Å². The fourth-order valence-electron chi connectivity index (χ4n) is 3.22. The molecule has 4 heteroatoms. The van der Waals surface area contributed by atoms with Gasteiger partial charge in [0.15, 0.2) is 0 Å². The highest BCUT2D eigenvalue weighted by Crippen LogP contribution is 2.44. The number of aliphatic carboxylic acids is 1. The summed E-state index contributed by atoms with van der Waals surface area (Å²) in [5.41, 5.74) is 1.70. The number of hydrogen-bond acceptors (Lipinski definition) is 2. The van der Waals surface area contributed by atoms with Gasteiger partial charge in [-0.3, -0.25) is 9.59 Å². The van der Waals surface area contributed by atoms with Gasteiger partial charge in [0.05, 0.1) is 5.92 Å². The summed E-state index contributed by atoms with van der Waals surface area (Å²) >= 11 is 0. The van der Waals surface area contributed by atoms with Crippen molar-refractivity contribution in [3.63, 3.8) is 0 Å². The van der Waals surface area contributed by atoms with Gasteiger partial charge >= 0.3 is 5.97 Å². The number of hydrogen-bond donors (Lipinski definition) is 1. The molecule has 0 radical (unpaired) electrons. The van der Waals surface area contributed by atoms with E-state index in [9.17, 15) is 14.7 Å². The zero-order chi connectivity index (χ0) is 14.3. The standard InChI is InChI=1S/C16H19NO3/c1-10-3-2-4-12(7-10)15(18)17-8-13(11-5-6-11)14(9-17)16(19)20/h2-4,7,11,13-14H,5-6,8-9H2,1H3,(H,19,20)/t13-,14+/m1/s1. The number of amides is 1. The summed E-state index contributed by atoms with van der Waals surface area (Å²) in [6.07, 6.45) is 2.22. The third-order valence-electron chi connectivity index (χ3n) is 4.46. The van der Waals surface area contributed by atoms with Gasteiger partial charge in [0.25, 0.3) is 5.91 Å². The highest BCUT2D eigenvalue weighted by molar-refractivity contribution is 5.95. The Morgan fingerprint density at radius 1 is 1.25 bits per heavy atom. The number of rotatable bonds is 3. The second-order valence-electron chi connectivity index (χ2n) is 6.03. The second-order valence-corrected chi connectivity index (χ2v) is 6.03. The summed E-state index contributed by atoms with van der Waals surface area (Å²) in [6, 6.07) is 7.48. The van der Waals surface area contributed by atoms with E-state index in [0.29, 0.717) is 24.6 Å². The normalized spacial score (nSPS) is 25.8. The smallest absolute Gasteiger partial charge is 0.308 e. The van der Waals surface area contributed by atoms with Crippen LogP contribution in [0, 0.1) is 24.7 Å². The molecule has 1 aliphatic heterocycles. The first-order valence-electron chi connectivity index (χ1n) is 7.15. The van der Waals surface area contributed by atoms with Crippen molar-refractivity contribution in [3.05, 3.63) is 35.4 Å². The molecule has 2 atom stereocenters. The van der Waals surface area contributed by atoms with Crippen molar-refractivity contribution in [3.8, 4) is 0 Å². The van der Waals surface area contributed by atoms with Gasteiger partial charge < -0.3 is 10.0 Å². The average molecular weight is 273 g/mol. The Bertz CT molecular complexity index is 550. The van der Waals surface area contributed by atoms with Gasteiger partial charge in [0.1, 0.15) is 0 Å². The van der Waals surface area contributed by atoms with Crippen LogP contribution in [-0.2, 0) is 4.79 Å². The summed E-state index contributed by atoms with van der Waals surface area (Å²) in [5, 5.41) is 9.34. The van der Waals surface area contributed by atoms with Crippen molar-refractivity contribution in [2.24, 2.45) is 17.8 Å². The molecule has 2 aliphatic rings. The maximum atomic E-state index is 12.5. The van der Waals surface area contributed by atoms with Crippen LogP contribution in [0.15, 0.2) is 24.3 Å². The van der Waals surface area contributed by atoms with Gasteiger partial charge in [0.2, 0.25) is 0 Å². The van der Waals surface area contributed by atoms with Crippen LogP contribution in [0.1, 0.15) is 28.8 Å². The Hall–Kier alpha value is -1.84. The van der Waals surface area contributed by atoms with Gasteiger partial charge in [-0.05, 0) is 43.7 Å². The quantitative estimate of drug-likeness (QED) is 0.918. The number of benzene rings is 1. The summed E-state index contributed by atoms with van der Waals surface area (Å²) in [6.45, 7) is 2.89. The maximum Gasteiger partial charge on any atom is 0.308 e. The van der Waals surface area contributed by atoms with Crippen LogP contribution in [-0.4, -0.2) is 35.0 Å². The predicted molar refractivity (Wildman–Crippen MR) is 74.4 cm³/mol. The van der Waals surface area contributed by atoms with Crippen molar-refractivity contribution in [2.75, 3.05) is 13.1 Å². The van der Waals surface area contributed by atoms with Crippen LogP contribution < -0.4 is 0 Å². The average Bonchev–Trinajstić information content (AvgIpc) is 3.16. The van der Waals surface area contributed by atoms with E-state index in [1.807, 2.05) is 25.1 Å². The lowest BCUT2D eigenvalue weighted by molar-refractivity contribution is -0.142. The first-order chi connectivity index (χ1) is 9.56. The molecule has 2 fully saturated rings. The van der Waals surface area contributed by atoms with Gasteiger partial charge in [-0.25, -0.2) is 0 Å². The van der Waals surface area contributed by atoms with Gasteiger partial charge in [-0.2, -0.15) is 0 Å². The number of carbonyl (C=O) groups is 2. The fraction of sp³-hybridized carbons (Fsp3) is 0.500. The van der Waals surface area contributed by atoms with Gasteiger partial charge in [-0.1, -0.05) is 17.7 Å². The number of carboxylic acids is 1. The topological polar surface area (TPSA) is 57.6 Å². The number of nitrogens with zero attached hydrogens (tertiary/aromatic N) is 1. The predicted octanol–water partition coefficient (Wildman–Crippen LogP) is 2.18. The van der Waals surface area contributed by atoms with Crippen LogP contribution in [0.3, 0.4) is 0 Å². The number of aryl methyl sites for hydroxylation is 1. The molecule has 3 rings (SSSR count). The van der Waals surface area contributed by atoms with Crippen LogP contribution in [0.2, 0.25) is 0 Å². The Balaban J connectivity index is 1.78. The Morgan fingerprint density at radius 2 is 2.00 bits per heavy atom. The monoisotopic (exact) mass is 273 g/mol. The van der Waals surface area contributed by atoms with E-state index in [2.05, 4.69) is 0 Å². The Kier molecular flexibility index (Phi) is 3.24.